The van der Waals surface area contributed by atoms with Crippen LogP contribution in [0.1, 0.15) is 23.9 Å². The van der Waals surface area contributed by atoms with Crippen molar-refractivity contribution in [2.24, 2.45) is 0 Å². The van der Waals surface area contributed by atoms with Crippen molar-refractivity contribution in [2.45, 2.75) is 26.8 Å². The second-order valence-corrected chi connectivity index (χ2v) is 6.07. The van der Waals surface area contributed by atoms with E-state index in [2.05, 4.69) is 22.5 Å². The van der Waals surface area contributed by atoms with Gasteiger partial charge in [-0.3, -0.25) is 0 Å². The van der Waals surface area contributed by atoms with Crippen LogP contribution in [0.5, 0.6) is 5.75 Å². The van der Waals surface area contributed by atoms with Gasteiger partial charge in [-0.1, -0.05) is 25.1 Å². The molecule has 0 spiro atoms. The number of aromatic nitrogens is 1. The Kier molecular flexibility index (Phi) is 5.76. The molecular formula is C21H23N3O3. The molecule has 0 aliphatic heterocycles. The molecule has 0 saturated carbocycles. The Labute approximate surface area is 158 Å². The van der Waals surface area contributed by atoms with E-state index in [1.54, 1.807) is 7.11 Å². The number of oxazole rings is 1. The number of urea groups is 1. The summed E-state index contributed by atoms with van der Waals surface area (Å²) in [4.78, 5) is 16.7. The molecule has 27 heavy (non-hydrogen) atoms. The number of para-hydroxylation sites is 1. The summed E-state index contributed by atoms with van der Waals surface area (Å²) >= 11 is 0. The van der Waals surface area contributed by atoms with Gasteiger partial charge in [0.1, 0.15) is 17.2 Å². The standard InChI is InChI=1S/C21H23N3O3/c1-4-15-7-5-6-8-18(15)24-21(25)22-13-19-14(2)27-20(23-19)16-9-11-17(26-3)12-10-16/h5-12H,4,13H2,1-3H3,(H2,22,24,25). The first-order valence-electron chi connectivity index (χ1n) is 8.84. The number of nitrogens with zero attached hydrogens (tertiary/aromatic N) is 1. The molecule has 1 heterocycles. The quantitative estimate of drug-likeness (QED) is 0.672. The van der Waals surface area contributed by atoms with Gasteiger partial charge in [0.2, 0.25) is 5.89 Å². The lowest BCUT2D eigenvalue weighted by Gasteiger charge is -2.10. The van der Waals surface area contributed by atoms with Crippen molar-refractivity contribution in [1.29, 1.82) is 0 Å². The second kappa shape index (κ2) is 8.40. The average molecular weight is 365 g/mol. The maximum Gasteiger partial charge on any atom is 0.319 e. The van der Waals surface area contributed by atoms with Crippen molar-refractivity contribution in [1.82, 2.24) is 10.3 Å². The summed E-state index contributed by atoms with van der Waals surface area (Å²) in [6.07, 6.45) is 0.851. The summed E-state index contributed by atoms with van der Waals surface area (Å²) in [5.74, 6) is 1.96. The fourth-order valence-corrected chi connectivity index (χ4v) is 2.73. The lowest BCUT2D eigenvalue weighted by Crippen LogP contribution is -2.29. The lowest BCUT2D eigenvalue weighted by atomic mass is 10.1. The van der Waals surface area contributed by atoms with Gasteiger partial charge in [0.15, 0.2) is 0 Å². The highest BCUT2D eigenvalue weighted by Crippen LogP contribution is 2.24. The third-order valence-electron chi connectivity index (χ3n) is 4.29. The first-order valence-corrected chi connectivity index (χ1v) is 8.84. The highest BCUT2D eigenvalue weighted by Gasteiger charge is 2.13. The van der Waals surface area contributed by atoms with Gasteiger partial charge in [-0.15, -0.1) is 0 Å². The lowest BCUT2D eigenvalue weighted by molar-refractivity contribution is 0.251. The van der Waals surface area contributed by atoms with E-state index in [1.807, 2.05) is 55.5 Å². The monoisotopic (exact) mass is 365 g/mol. The van der Waals surface area contributed by atoms with Crippen molar-refractivity contribution < 1.29 is 13.9 Å². The molecule has 0 aliphatic rings. The van der Waals surface area contributed by atoms with E-state index in [0.717, 1.165) is 29.0 Å². The van der Waals surface area contributed by atoms with E-state index in [-0.39, 0.29) is 12.6 Å². The zero-order valence-corrected chi connectivity index (χ0v) is 15.7. The molecule has 0 radical (unpaired) electrons. The number of amides is 2. The molecule has 0 unspecified atom stereocenters. The third-order valence-corrected chi connectivity index (χ3v) is 4.29. The second-order valence-electron chi connectivity index (χ2n) is 6.07. The Bertz CT molecular complexity index is 917. The van der Waals surface area contributed by atoms with Gasteiger partial charge < -0.3 is 19.8 Å². The van der Waals surface area contributed by atoms with Crippen LogP contribution in [0.3, 0.4) is 0 Å². The van der Waals surface area contributed by atoms with E-state index in [4.69, 9.17) is 9.15 Å². The number of hydrogen-bond donors (Lipinski definition) is 2. The SMILES string of the molecule is CCc1ccccc1NC(=O)NCc1nc(-c2ccc(OC)cc2)oc1C. The van der Waals surface area contributed by atoms with Crippen LogP contribution >= 0.6 is 0 Å². The Morgan fingerprint density at radius 2 is 1.89 bits per heavy atom. The minimum Gasteiger partial charge on any atom is -0.497 e. The fourth-order valence-electron chi connectivity index (χ4n) is 2.73. The summed E-state index contributed by atoms with van der Waals surface area (Å²) in [6, 6.07) is 14.9. The highest BCUT2D eigenvalue weighted by atomic mass is 16.5. The topological polar surface area (TPSA) is 76.4 Å². The molecule has 0 aliphatic carbocycles. The molecule has 3 aromatic rings. The van der Waals surface area contributed by atoms with Gasteiger partial charge in [-0.2, -0.15) is 0 Å². The van der Waals surface area contributed by atoms with Crippen LogP contribution in [0.4, 0.5) is 10.5 Å². The summed E-state index contributed by atoms with van der Waals surface area (Å²) in [5.41, 5.74) is 3.45. The molecular weight excluding hydrogens is 342 g/mol. The summed E-state index contributed by atoms with van der Waals surface area (Å²) in [7, 11) is 1.62. The molecule has 2 aromatic carbocycles. The summed E-state index contributed by atoms with van der Waals surface area (Å²) in [5, 5.41) is 5.71. The van der Waals surface area contributed by atoms with E-state index < -0.39 is 0 Å². The van der Waals surface area contributed by atoms with Crippen LogP contribution in [0.25, 0.3) is 11.5 Å². The molecule has 0 bridgehead atoms. The molecule has 3 rings (SSSR count). The Balaban J connectivity index is 1.64. The van der Waals surface area contributed by atoms with Gasteiger partial charge >= 0.3 is 6.03 Å². The Hall–Kier alpha value is -3.28. The van der Waals surface area contributed by atoms with Crippen LogP contribution in [0.15, 0.2) is 52.9 Å². The average Bonchev–Trinajstić information content (AvgIpc) is 3.07. The molecule has 6 nitrogen and oxygen atoms in total. The molecule has 2 N–H and O–H groups in total. The van der Waals surface area contributed by atoms with Gasteiger partial charge in [0.05, 0.1) is 13.7 Å². The number of benzene rings is 2. The van der Waals surface area contributed by atoms with E-state index in [0.29, 0.717) is 17.3 Å². The normalized spacial score (nSPS) is 10.5. The predicted octanol–water partition coefficient (Wildman–Crippen LogP) is 4.54. The number of carbonyl (C=O) groups excluding carboxylic acids is 1. The van der Waals surface area contributed by atoms with Crippen LogP contribution in [-0.4, -0.2) is 18.1 Å². The van der Waals surface area contributed by atoms with Gasteiger partial charge in [0.25, 0.3) is 0 Å². The molecule has 6 heteroatoms. The zero-order valence-electron chi connectivity index (χ0n) is 15.7. The van der Waals surface area contributed by atoms with Crippen LogP contribution in [-0.2, 0) is 13.0 Å². The molecule has 2 amide bonds. The predicted molar refractivity (Wildman–Crippen MR) is 105 cm³/mol. The van der Waals surface area contributed by atoms with Crippen LogP contribution in [0, 0.1) is 6.92 Å². The zero-order chi connectivity index (χ0) is 19.2. The number of nitrogens with one attached hydrogen (secondary N) is 2. The minimum atomic E-state index is -0.274. The molecule has 140 valence electrons. The van der Waals surface area contributed by atoms with Crippen LogP contribution < -0.4 is 15.4 Å². The summed E-state index contributed by atoms with van der Waals surface area (Å²) in [6.45, 7) is 4.17. The number of anilines is 1. The van der Waals surface area contributed by atoms with Crippen molar-refractivity contribution in [3.8, 4) is 17.2 Å². The summed E-state index contributed by atoms with van der Waals surface area (Å²) < 4.78 is 10.9. The van der Waals surface area contributed by atoms with E-state index in [9.17, 15) is 4.79 Å². The van der Waals surface area contributed by atoms with Crippen molar-refractivity contribution in [2.75, 3.05) is 12.4 Å². The number of hydrogen-bond acceptors (Lipinski definition) is 4. The van der Waals surface area contributed by atoms with Gasteiger partial charge in [0, 0.05) is 11.3 Å². The maximum atomic E-state index is 12.2. The van der Waals surface area contributed by atoms with Gasteiger partial charge in [-0.25, -0.2) is 9.78 Å². The Morgan fingerprint density at radius 1 is 1.15 bits per heavy atom. The number of carbonyl (C=O) groups is 1. The number of ether oxygens (including phenoxy) is 1. The highest BCUT2D eigenvalue weighted by molar-refractivity contribution is 5.90. The third kappa shape index (κ3) is 4.47. The van der Waals surface area contributed by atoms with Crippen LogP contribution in [0.2, 0.25) is 0 Å². The molecule has 0 atom stereocenters. The fraction of sp³-hybridized carbons (Fsp3) is 0.238. The van der Waals surface area contributed by atoms with Gasteiger partial charge in [-0.05, 0) is 49.2 Å². The number of aryl methyl sites for hydroxylation is 2. The molecule has 0 saturated heterocycles. The smallest absolute Gasteiger partial charge is 0.319 e. The van der Waals surface area contributed by atoms with Crippen molar-refractivity contribution in [3.63, 3.8) is 0 Å². The van der Waals surface area contributed by atoms with E-state index in [1.165, 1.54) is 0 Å². The molecule has 0 fully saturated rings. The first-order chi connectivity index (χ1) is 13.1. The van der Waals surface area contributed by atoms with Crippen molar-refractivity contribution in [3.05, 3.63) is 65.5 Å². The van der Waals surface area contributed by atoms with Crippen molar-refractivity contribution >= 4 is 11.7 Å². The number of methoxy groups -OCH3 is 1. The largest absolute Gasteiger partial charge is 0.497 e. The Morgan fingerprint density at radius 3 is 2.59 bits per heavy atom. The first kappa shape index (κ1) is 18.5. The maximum absolute atomic E-state index is 12.2. The number of rotatable bonds is 6. The minimum absolute atomic E-state index is 0.274. The van der Waals surface area contributed by atoms with E-state index >= 15 is 0 Å². The molecule has 1 aromatic heterocycles.